The standard InChI is InChI=1S/C18H19NO5/c1-12(13-6-4-3-5-7-13)19-17(20)11-24-15-9-8-14(18(21)22)10-16(15)23-2/h3-10,12H,11H2,1-2H3,(H,19,20)(H,21,22)/t12-/m0/s1. The van der Waals surface area contributed by atoms with E-state index < -0.39 is 5.97 Å². The summed E-state index contributed by atoms with van der Waals surface area (Å²) in [7, 11) is 1.41. The van der Waals surface area contributed by atoms with E-state index >= 15 is 0 Å². The van der Waals surface area contributed by atoms with Gasteiger partial charge in [-0.3, -0.25) is 4.79 Å². The number of rotatable bonds is 7. The van der Waals surface area contributed by atoms with Crippen molar-refractivity contribution in [1.29, 1.82) is 0 Å². The molecule has 0 spiro atoms. The van der Waals surface area contributed by atoms with Crippen molar-refractivity contribution in [2.45, 2.75) is 13.0 Å². The van der Waals surface area contributed by atoms with Crippen molar-refractivity contribution in [3.05, 3.63) is 59.7 Å². The van der Waals surface area contributed by atoms with E-state index in [0.29, 0.717) is 5.75 Å². The van der Waals surface area contributed by atoms with Gasteiger partial charge in [0.15, 0.2) is 18.1 Å². The van der Waals surface area contributed by atoms with Gasteiger partial charge in [-0.2, -0.15) is 0 Å². The van der Waals surface area contributed by atoms with Gasteiger partial charge in [0.25, 0.3) is 5.91 Å². The number of methoxy groups -OCH3 is 1. The van der Waals surface area contributed by atoms with Crippen molar-refractivity contribution in [3.8, 4) is 11.5 Å². The van der Waals surface area contributed by atoms with E-state index in [2.05, 4.69) is 5.32 Å². The van der Waals surface area contributed by atoms with Crippen LogP contribution in [0.25, 0.3) is 0 Å². The Labute approximate surface area is 140 Å². The molecule has 0 aliphatic carbocycles. The normalized spacial score (nSPS) is 11.4. The fraction of sp³-hybridized carbons (Fsp3) is 0.222. The van der Waals surface area contributed by atoms with Crippen LogP contribution >= 0.6 is 0 Å². The van der Waals surface area contributed by atoms with Crippen LogP contribution in [0, 0.1) is 0 Å². The first-order chi connectivity index (χ1) is 11.5. The predicted molar refractivity (Wildman–Crippen MR) is 88.4 cm³/mol. The second-order valence-electron chi connectivity index (χ2n) is 5.16. The van der Waals surface area contributed by atoms with Gasteiger partial charge in [-0.15, -0.1) is 0 Å². The molecule has 0 unspecified atom stereocenters. The minimum Gasteiger partial charge on any atom is -0.493 e. The highest BCUT2D eigenvalue weighted by Gasteiger charge is 2.13. The summed E-state index contributed by atoms with van der Waals surface area (Å²) in [4.78, 5) is 22.9. The maximum atomic E-state index is 12.0. The second kappa shape index (κ2) is 8.01. The molecule has 2 aromatic carbocycles. The molecule has 0 fully saturated rings. The summed E-state index contributed by atoms with van der Waals surface area (Å²) in [5.41, 5.74) is 1.08. The monoisotopic (exact) mass is 329 g/mol. The molecule has 0 saturated carbocycles. The molecular weight excluding hydrogens is 310 g/mol. The molecule has 0 aromatic heterocycles. The number of carboxylic acid groups (broad SMARTS) is 1. The number of carboxylic acids is 1. The molecular formula is C18H19NO5. The number of ether oxygens (including phenoxy) is 2. The fourth-order valence-electron chi connectivity index (χ4n) is 2.17. The smallest absolute Gasteiger partial charge is 0.335 e. The molecule has 0 heterocycles. The molecule has 2 aromatic rings. The van der Waals surface area contributed by atoms with Gasteiger partial charge in [0.2, 0.25) is 0 Å². The van der Waals surface area contributed by atoms with Crippen LogP contribution in [0.4, 0.5) is 0 Å². The molecule has 2 N–H and O–H groups in total. The van der Waals surface area contributed by atoms with Crippen LogP contribution in [0.3, 0.4) is 0 Å². The van der Waals surface area contributed by atoms with Crippen LogP contribution in [-0.4, -0.2) is 30.7 Å². The zero-order chi connectivity index (χ0) is 17.5. The molecule has 0 bridgehead atoms. The number of carbonyl (C=O) groups excluding carboxylic acids is 1. The van der Waals surface area contributed by atoms with Gasteiger partial charge >= 0.3 is 5.97 Å². The lowest BCUT2D eigenvalue weighted by Crippen LogP contribution is -2.31. The first-order valence-corrected chi connectivity index (χ1v) is 7.39. The number of benzene rings is 2. The van der Waals surface area contributed by atoms with Crippen LogP contribution in [0.15, 0.2) is 48.5 Å². The van der Waals surface area contributed by atoms with Gasteiger partial charge in [0, 0.05) is 0 Å². The number of hydrogen-bond donors (Lipinski definition) is 2. The molecule has 1 atom stereocenters. The number of carbonyl (C=O) groups is 2. The predicted octanol–water partition coefficient (Wildman–Crippen LogP) is 2.65. The summed E-state index contributed by atoms with van der Waals surface area (Å²) in [6, 6.07) is 13.7. The van der Waals surface area contributed by atoms with E-state index in [0.717, 1.165) is 5.56 Å². The van der Waals surface area contributed by atoms with E-state index in [1.54, 1.807) is 0 Å². The summed E-state index contributed by atoms with van der Waals surface area (Å²) in [5, 5.41) is 11.8. The maximum Gasteiger partial charge on any atom is 0.335 e. The molecule has 0 aliphatic rings. The zero-order valence-corrected chi connectivity index (χ0v) is 13.5. The van der Waals surface area contributed by atoms with Crippen LogP contribution in [0.5, 0.6) is 11.5 Å². The SMILES string of the molecule is COc1cc(C(=O)O)ccc1OCC(=O)N[C@@H](C)c1ccccc1. The zero-order valence-electron chi connectivity index (χ0n) is 13.5. The van der Waals surface area contributed by atoms with Crippen molar-refractivity contribution in [3.63, 3.8) is 0 Å². The minimum absolute atomic E-state index is 0.0846. The summed E-state index contributed by atoms with van der Waals surface area (Å²) in [5.74, 6) is -0.770. The third kappa shape index (κ3) is 4.49. The van der Waals surface area contributed by atoms with Crippen molar-refractivity contribution in [2.24, 2.45) is 0 Å². The van der Waals surface area contributed by atoms with Gasteiger partial charge in [-0.25, -0.2) is 4.79 Å². The van der Waals surface area contributed by atoms with Gasteiger partial charge in [-0.1, -0.05) is 30.3 Å². The second-order valence-corrected chi connectivity index (χ2v) is 5.16. The number of nitrogens with one attached hydrogen (secondary N) is 1. The first kappa shape index (κ1) is 17.3. The fourth-order valence-corrected chi connectivity index (χ4v) is 2.17. The summed E-state index contributed by atoms with van der Waals surface area (Å²) in [6.45, 7) is 1.69. The molecule has 24 heavy (non-hydrogen) atoms. The van der Waals surface area contributed by atoms with E-state index in [1.807, 2.05) is 37.3 Å². The highest BCUT2D eigenvalue weighted by atomic mass is 16.5. The van der Waals surface area contributed by atoms with Crippen LogP contribution < -0.4 is 14.8 Å². The van der Waals surface area contributed by atoms with E-state index in [9.17, 15) is 9.59 Å². The van der Waals surface area contributed by atoms with Gasteiger partial charge < -0.3 is 19.9 Å². The van der Waals surface area contributed by atoms with Crippen LogP contribution in [0.1, 0.15) is 28.9 Å². The molecule has 6 heteroatoms. The Morgan fingerprint density at radius 2 is 1.83 bits per heavy atom. The van der Waals surface area contributed by atoms with E-state index in [-0.39, 0.29) is 29.9 Å². The summed E-state index contributed by atoms with van der Waals surface area (Å²) >= 11 is 0. The lowest BCUT2D eigenvalue weighted by Gasteiger charge is -2.15. The molecule has 6 nitrogen and oxygen atoms in total. The highest BCUT2D eigenvalue weighted by Crippen LogP contribution is 2.28. The molecule has 126 valence electrons. The van der Waals surface area contributed by atoms with Crippen LogP contribution in [-0.2, 0) is 4.79 Å². The Balaban J connectivity index is 1.95. The molecule has 0 saturated heterocycles. The average Bonchev–Trinajstić information content (AvgIpc) is 2.60. The topological polar surface area (TPSA) is 84.9 Å². The Morgan fingerprint density at radius 1 is 1.12 bits per heavy atom. The van der Waals surface area contributed by atoms with E-state index in [4.69, 9.17) is 14.6 Å². The highest BCUT2D eigenvalue weighted by molar-refractivity contribution is 5.88. The number of hydrogen-bond acceptors (Lipinski definition) is 4. The maximum absolute atomic E-state index is 12.0. The van der Waals surface area contributed by atoms with Crippen molar-refractivity contribution in [2.75, 3.05) is 13.7 Å². The molecule has 2 rings (SSSR count). The summed E-state index contributed by atoms with van der Waals surface area (Å²) < 4.78 is 10.5. The Kier molecular flexibility index (Phi) is 5.78. The van der Waals surface area contributed by atoms with Gasteiger partial charge in [0.05, 0.1) is 18.7 Å². The first-order valence-electron chi connectivity index (χ1n) is 7.39. The Hall–Kier alpha value is -3.02. The minimum atomic E-state index is -1.06. The quantitative estimate of drug-likeness (QED) is 0.816. The lowest BCUT2D eigenvalue weighted by atomic mass is 10.1. The lowest BCUT2D eigenvalue weighted by molar-refractivity contribution is -0.123. The average molecular weight is 329 g/mol. The number of aromatic carboxylic acids is 1. The van der Waals surface area contributed by atoms with E-state index in [1.165, 1.54) is 25.3 Å². The van der Waals surface area contributed by atoms with Crippen molar-refractivity contribution >= 4 is 11.9 Å². The largest absolute Gasteiger partial charge is 0.493 e. The molecule has 1 amide bonds. The third-order valence-corrected chi connectivity index (χ3v) is 3.45. The van der Waals surface area contributed by atoms with Gasteiger partial charge in [-0.05, 0) is 30.7 Å². The van der Waals surface area contributed by atoms with Crippen molar-refractivity contribution < 1.29 is 24.2 Å². The Morgan fingerprint density at radius 3 is 2.46 bits per heavy atom. The third-order valence-electron chi connectivity index (χ3n) is 3.45. The van der Waals surface area contributed by atoms with Gasteiger partial charge in [0.1, 0.15) is 0 Å². The summed E-state index contributed by atoms with van der Waals surface area (Å²) in [6.07, 6.45) is 0. The molecule has 0 radical (unpaired) electrons. The van der Waals surface area contributed by atoms with Crippen LogP contribution in [0.2, 0.25) is 0 Å². The Bertz CT molecular complexity index is 715. The molecule has 0 aliphatic heterocycles. The number of amides is 1. The van der Waals surface area contributed by atoms with Crippen molar-refractivity contribution in [1.82, 2.24) is 5.32 Å².